The number of amides is 1. The molecule has 1 amide bonds. The minimum Gasteiger partial charge on any atom is -0.323 e. The van der Waals surface area contributed by atoms with Crippen LogP contribution in [0, 0.1) is 0 Å². The van der Waals surface area contributed by atoms with Crippen LogP contribution in [-0.2, 0) is 21.7 Å². The highest BCUT2D eigenvalue weighted by Gasteiger charge is 2.14. The van der Waals surface area contributed by atoms with Crippen LogP contribution in [0.4, 0.5) is 5.69 Å². The molecule has 0 aliphatic carbocycles. The number of hydrogen-bond donors (Lipinski definition) is 1. The summed E-state index contributed by atoms with van der Waals surface area (Å²) in [6, 6.07) is 5.40. The van der Waals surface area contributed by atoms with Crippen LogP contribution in [0.3, 0.4) is 0 Å². The van der Waals surface area contributed by atoms with Gasteiger partial charge in [-0.2, -0.15) is 5.10 Å². The topological polar surface area (TPSA) is 94.0 Å². The van der Waals surface area contributed by atoms with Crippen molar-refractivity contribution in [1.82, 2.24) is 14.8 Å². The van der Waals surface area contributed by atoms with E-state index in [4.69, 9.17) is 0 Å². The molecule has 1 N–H and O–H groups in total. The average molecular weight is 308 g/mol. The minimum absolute atomic E-state index is 0.0879. The van der Waals surface area contributed by atoms with Crippen LogP contribution in [0.2, 0.25) is 0 Å². The van der Waals surface area contributed by atoms with Gasteiger partial charge < -0.3 is 5.32 Å². The van der Waals surface area contributed by atoms with Crippen molar-refractivity contribution in [3.8, 4) is 11.4 Å². The first-order valence-corrected chi connectivity index (χ1v) is 8.34. The van der Waals surface area contributed by atoms with Crippen LogP contribution >= 0.6 is 0 Å². The van der Waals surface area contributed by atoms with E-state index in [-0.39, 0.29) is 18.1 Å². The zero-order chi connectivity index (χ0) is 15.5. The van der Waals surface area contributed by atoms with Gasteiger partial charge in [-0.3, -0.25) is 14.5 Å². The van der Waals surface area contributed by atoms with Crippen molar-refractivity contribution in [2.45, 2.75) is 6.42 Å². The van der Waals surface area contributed by atoms with E-state index in [1.165, 1.54) is 0 Å². The third-order valence-electron chi connectivity index (χ3n) is 2.71. The fourth-order valence-corrected chi connectivity index (χ4v) is 2.32. The molecule has 0 aliphatic heterocycles. The van der Waals surface area contributed by atoms with Gasteiger partial charge in [-0.25, -0.2) is 8.42 Å². The molecule has 2 rings (SSSR count). The Balaban J connectivity index is 2.16. The fraction of sp³-hybridized carbons (Fsp3) is 0.308. The fourth-order valence-electron chi connectivity index (χ4n) is 1.76. The van der Waals surface area contributed by atoms with E-state index in [0.717, 1.165) is 6.26 Å². The number of pyridine rings is 1. The molecule has 0 unspecified atom stereocenters. The smallest absolute Gasteiger partial charge is 0.225 e. The SMILES string of the molecule is Cn1cc(NC(=O)CCS(C)(=O)=O)c(-c2ccccn2)n1. The van der Waals surface area contributed by atoms with Gasteiger partial charge in [0.05, 0.1) is 17.1 Å². The summed E-state index contributed by atoms with van der Waals surface area (Å²) in [5.74, 6) is -0.552. The molecule has 0 bridgehead atoms. The number of aromatic nitrogens is 3. The molecule has 0 atom stereocenters. The van der Waals surface area contributed by atoms with Crippen LogP contribution in [0.5, 0.6) is 0 Å². The molecule has 0 aromatic carbocycles. The first kappa shape index (κ1) is 15.2. The molecule has 2 heterocycles. The maximum Gasteiger partial charge on any atom is 0.225 e. The molecular weight excluding hydrogens is 292 g/mol. The van der Waals surface area contributed by atoms with E-state index in [2.05, 4.69) is 15.4 Å². The molecular formula is C13H16N4O3S. The van der Waals surface area contributed by atoms with Gasteiger partial charge in [0.25, 0.3) is 0 Å². The second-order valence-corrected chi connectivity index (χ2v) is 6.97. The van der Waals surface area contributed by atoms with Crippen LogP contribution in [0.1, 0.15) is 6.42 Å². The number of nitrogens with one attached hydrogen (secondary N) is 1. The number of carbonyl (C=O) groups excluding carboxylic acids is 1. The summed E-state index contributed by atoms with van der Waals surface area (Å²) in [5.41, 5.74) is 1.69. The molecule has 2 aromatic heterocycles. The lowest BCUT2D eigenvalue weighted by atomic mass is 10.2. The summed E-state index contributed by atoms with van der Waals surface area (Å²) in [6.45, 7) is 0. The first-order valence-electron chi connectivity index (χ1n) is 6.28. The summed E-state index contributed by atoms with van der Waals surface area (Å²) in [4.78, 5) is 16.0. The number of carbonyl (C=O) groups is 1. The Labute approximate surface area is 122 Å². The van der Waals surface area contributed by atoms with E-state index in [9.17, 15) is 13.2 Å². The summed E-state index contributed by atoms with van der Waals surface area (Å²) in [6.07, 6.45) is 4.31. The molecule has 8 heteroatoms. The van der Waals surface area contributed by atoms with Gasteiger partial charge >= 0.3 is 0 Å². The van der Waals surface area contributed by atoms with Crippen LogP contribution in [0.25, 0.3) is 11.4 Å². The standard InChI is InChI=1S/C13H16N4O3S/c1-17-9-11(15-12(18)6-8-21(2,19)20)13(16-17)10-5-3-4-7-14-10/h3-5,7,9H,6,8H2,1-2H3,(H,15,18). The van der Waals surface area contributed by atoms with Crippen molar-refractivity contribution in [2.24, 2.45) is 7.05 Å². The minimum atomic E-state index is -3.16. The summed E-state index contributed by atoms with van der Waals surface area (Å²) in [5, 5.41) is 6.94. The van der Waals surface area contributed by atoms with Gasteiger partial charge in [0.15, 0.2) is 0 Å². The maximum absolute atomic E-state index is 11.8. The molecule has 0 radical (unpaired) electrons. The third-order valence-corrected chi connectivity index (χ3v) is 3.66. The molecule has 21 heavy (non-hydrogen) atoms. The van der Waals surface area contributed by atoms with E-state index in [1.807, 2.05) is 6.07 Å². The van der Waals surface area contributed by atoms with E-state index >= 15 is 0 Å². The molecule has 0 saturated carbocycles. The van der Waals surface area contributed by atoms with Gasteiger partial charge in [0.2, 0.25) is 5.91 Å². The molecule has 0 fully saturated rings. The number of nitrogens with zero attached hydrogens (tertiary/aromatic N) is 3. The van der Waals surface area contributed by atoms with Crippen molar-refractivity contribution in [3.63, 3.8) is 0 Å². The first-order chi connectivity index (χ1) is 9.85. The normalized spacial score (nSPS) is 11.3. The Bertz CT molecular complexity index is 738. The quantitative estimate of drug-likeness (QED) is 0.884. The van der Waals surface area contributed by atoms with Crippen LogP contribution in [0.15, 0.2) is 30.6 Å². The second-order valence-electron chi connectivity index (χ2n) is 4.71. The Morgan fingerprint density at radius 1 is 1.38 bits per heavy atom. The number of aryl methyl sites for hydroxylation is 1. The maximum atomic E-state index is 11.8. The van der Waals surface area contributed by atoms with Gasteiger partial charge in [0.1, 0.15) is 15.5 Å². The lowest BCUT2D eigenvalue weighted by molar-refractivity contribution is -0.115. The van der Waals surface area contributed by atoms with Crippen molar-refractivity contribution in [2.75, 3.05) is 17.3 Å². The average Bonchev–Trinajstić information content (AvgIpc) is 2.77. The molecule has 2 aromatic rings. The summed E-state index contributed by atoms with van der Waals surface area (Å²) >= 11 is 0. The predicted octanol–water partition coefficient (Wildman–Crippen LogP) is 0.855. The molecule has 0 spiro atoms. The summed E-state index contributed by atoms with van der Waals surface area (Å²) < 4.78 is 23.7. The van der Waals surface area contributed by atoms with Crippen molar-refractivity contribution < 1.29 is 13.2 Å². The van der Waals surface area contributed by atoms with Crippen molar-refractivity contribution in [3.05, 3.63) is 30.6 Å². The van der Waals surface area contributed by atoms with Gasteiger partial charge in [0, 0.05) is 32.1 Å². The highest BCUT2D eigenvalue weighted by Crippen LogP contribution is 2.24. The zero-order valence-electron chi connectivity index (χ0n) is 11.8. The highest BCUT2D eigenvalue weighted by molar-refractivity contribution is 7.90. The van der Waals surface area contributed by atoms with Gasteiger partial charge in [-0.15, -0.1) is 0 Å². The van der Waals surface area contributed by atoms with Gasteiger partial charge in [-0.1, -0.05) is 6.07 Å². The Morgan fingerprint density at radius 3 is 2.76 bits per heavy atom. The van der Waals surface area contributed by atoms with Gasteiger partial charge in [-0.05, 0) is 12.1 Å². The van der Waals surface area contributed by atoms with E-state index < -0.39 is 9.84 Å². The number of anilines is 1. The van der Waals surface area contributed by atoms with E-state index in [1.54, 1.807) is 36.3 Å². The van der Waals surface area contributed by atoms with Crippen molar-refractivity contribution >= 4 is 21.4 Å². The Kier molecular flexibility index (Phi) is 4.37. The summed E-state index contributed by atoms with van der Waals surface area (Å²) in [7, 11) is -1.43. The number of rotatable bonds is 5. The molecule has 0 saturated heterocycles. The third kappa shape index (κ3) is 4.38. The lowest BCUT2D eigenvalue weighted by Crippen LogP contribution is -2.16. The largest absolute Gasteiger partial charge is 0.323 e. The zero-order valence-corrected chi connectivity index (χ0v) is 12.6. The highest BCUT2D eigenvalue weighted by atomic mass is 32.2. The lowest BCUT2D eigenvalue weighted by Gasteiger charge is -2.04. The van der Waals surface area contributed by atoms with E-state index in [0.29, 0.717) is 17.1 Å². The molecule has 7 nitrogen and oxygen atoms in total. The number of hydrogen-bond acceptors (Lipinski definition) is 5. The van der Waals surface area contributed by atoms with Crippen LogP contribution in [-0.4, -0.2) is 41.1 Å². The number of sulfone groups is 1. The predicted molar refractivity (Wildman–Crippen MR) is 79.4 cm³/mol. The Morgan fingerprint density at radius 2 is 2.14 bits per heavy atom. The van der Waals surface area contributed by atoms with Crippen molar-refractivity contribution in [1.29, 1.82) is 0 Å². The monoisotopic (exact) mass is 308 g/mol. The molecule has 0 aliphatic rings. The molecule has 112 valence electrons. The second kappa shape index (κ2) is 6.04. The van der Waals surface area contributed by atoms with Crippen LogP contribution < -0.4 is 5.32 Å². The Hall–Kier alpha value is -2.22.